The van der Waals surface area contributed by atoms with E-state index >= 15 is 0 Å². The third-order valence-electron chi connectivity index (χ3n) is 2.49. The standard InChI is InChI=1S/C14H17N3O2/c1-17(2)10-11-6-4-5-7-12(11)19-14-13(18-3)15-8-9-16-14/h4-9H,10H2,1-3H3. The number of aromatic nitrogens is 2. The molecule has 100 valence electrons. The van der Waals surface area contributed by atoms with Crippen LogP contribution in [0.15, 0.2) is 36.7 Å². The minimum absolute atomic E-state index is 0.371. The molecular weight excluding hydrogens is 242 g/mol. The maximum atomic E-state index is 5.81. The molecule has 2 aromatic rings. The topological polar surface area (TPSA) is 47.5 Å². The third-order valence-corrected chi connectivity index (χ3v) is 2.49. The first-order valence-corrected chi connectivity index (χ1v) is 5.96. The summed E-state index contributed by atoms with van der Waals surface area (Å²) in [5.74, 6) is 1.51. The predicted octanol–water partition coefficient (Wildman–Crippen LogP) is 2.34. The van der Waals surface area contributed by atoms with Crippen LogP contribution in [0.25, 0.3) is 0 Å². The van der Waals surface area contributed by atoms with E-state index in [9.17, 15) is 0 Å². The monoisotopic (exact) mass is 259 g/mol. The van der Waals surface area contributed by atoms with E-state index in [0.29, 0.717) is 11.8 Å². The molecule has 1 heterocycles. The Morgan fingerprint density at radius 3 is 2.42 bits per heavy atom. The zero-order valence-electron chi connectivity index (χ0n) is 11.3. The minimum atomic E-state index is 0.371. The molecule has 19 heavy (non-hydrogen) atoms. The average molecular weight is 259 g/mol. The molecule has 2 rings (SSSR count). The molecule has 5 nitrogen and oxygen atoms in total. The lowest BCUT2D eigenvalue weighted by Gasteiger charge is -2.14. The first-order chi connectivity index (χ1) is 9.20. The van der Waals surface area contributed by atoms with Crippen LogP contribution in [0, 0.1) is 0 Å². The highest BCUT2D eigenvalue weighted by atomic mass is 16.5. The summed E-state index contributed by atoms with van der Waals surface area (Å²) in [6.45, 7) is 0.790. The second kappa shape index (κ2) is 6.15. The molecule has 0 unspecified atom stereocenters. The van der Waals surface area contributed by atoms with Gasteiger partial charge in [0, 0.05) is 24.5 Å². The fourth-order valence-corrected chi connectivity index (χ4v) is 1.70. The Morgan fingerprint density at radius 2 is 1.74 bits per heavy atom. The van der Waals surface area contributed by atoms with Gasteiger partial charge in [-0.15, -0.1) is 0 Å². The van der Waals surface area contributed by atoms with Crippen LogP contribution in [0.2, 0.25) is 0 Å². The quantitative estimate of drug-likeness (QED) is 0.824. The van der Waals surface area contributed by atoms with Crippen molar-refractivity contribution in [3.8, 4) is 17.5 Å². The number of hydrogen-bond donors (Lipinski definition) is 0. The summed E-state index contributed by atoms with van der Waals surface area (Å²) in [5.41, 5.74) is 1.08. The summed E-state index contributed by atoms with van der Waals surface area (Å²) in [5, 5.41) is 0. The number of para-hydroxylation sites is 1. The summed E-state index contributed by atoms with van der Waals surface area (Å²) < 4.78 is 10.9. The summed E-state index contributed by atoms with van der Waals surface area (Å²) in [6.07, 6.45) is 3.14. The Bertz CT molecular complexity index is 544. The van der Waals surface area contributed by atoms with E-state index in [0.717, 1.165) is 17.9 Å². The SMILES string of the molecule is COc1nccnc1Oc1ccccc1CN(C)C. The molecule has 0 aliphatic heterocycles. The molecule has 5 heteroatoms. The fraction of sp³-hybridized carbons (Fsp3) is 0.286. The van der Waals surface area contributed by atoms with Crippen LogP contribution >= 0.6 is 0 Å². The first-order valence-electron chi connectivity index (χ1n) is 5.96. The van der Waals surface area contributed by atoms with Gasteiger partial charge in [0.1, 0.15) is 5.75 Å². The van der Waals surface area contributed by atoms with E-state index < -0.39 is 0 Å². The molecule has 0 N–H and O–H groups in total. The molecule has 0 aliphatic rings. The van der Waals surface area contributed by atoms with Crippen LogP contribution in [0.1, 0.15) is 5.56 Å². The maximum absolute atomic E-state index is 5.81. The molecule has 0 amide bonds. The van der Waals surface area contributed by atoms with Crippen LogP contribution in [0.5, 0.6) is 17.5 Å². The van der Waals surface area contributed by atoms with Gasteiger partial charge in [0.2, 0.25) is 0 Å². The molecule has 0 saturated carbocycles. The normalized spacial score (nSPS) is 10.5. The zero-order chi connectivity index (χ0) is 13.7. The van der Waals surface area contributed by atoms with Gasteiger partial charge in [-0.1, -0.05) is 18.2 Å². The Labute approximate surface area is 112 Å². The number of ether oxygens (including phenoxy) is 2. The number of methoxy groups -OCH3 is 1. The largest absolute Gasteiger partial charge is 0.477 e. The van der Waals surface area contributed by atoms with E-state index in [1.54, 1.807) is 19.5 Å². The van der Waals surface area contributed by atoms with Crippen LogP contribution in [0.4, 0.5) is 0 Å². The highest BCUT2D eigenvalue weighted by Gasteiger charge is 2.11. The average Bonchev–Trinajstić information content (AvgIpc) is 2.41. The van der Waals surface area contributed by atoms with E-state index in [-0.39, 0.29) is 0 Å². The van der Waals surface area contributed by atoms with E-state index in [2.05, 4.69) is 14.9 Å². The number of hydrogen-bond acceptors (Lipinski definition) is 5. The lowest BCUT2D eigenvalue weighted by atomic mass is 10.2. The molecule has 0 atom stereocenters. The highest BCUT2D eigenvalue weighted by Crippen LogP contribution is 2.29. The highest BCUT2D eigenvalue weighted by molar-refractivity contribution is 5.38. The summed E-state index contributed by atoms with van der Waals surface area (Å²) in [4.78, 5) is 10.3. The van der Waals surface area contributed by atoms with E-state index in [1.165, 1.54) is 0 Å². The van der Waals surface area contributed by atoms with E-state index in [1.807, 2.05) is 38.4 Å². The summed E-state index contributed by atoms with van der Waals surface area (Å²) in [6, 6.07) is 7.85. The van der Waals surface area contributed by atoms with Gasteiger partial charge in [0.15, 0.2) is 0 Å². The van der Waals surface area contributed by atoms with Gasteiger partial charge in [-0.05, 0) is 20.2 Å². The molecule has 0 fully saturated rings. The van der Waals surface area contributed by atoms with Crippen LogP contribution in [0.3, 0.4) is 0 Å². The molecule has 0 bridgehead atoms. The Morgan fingerprint density at radius 1 is 1.05 bits per heavy atom. The molecule has 0 radical (unpaired) electrons. The maximum Gasteiger partial charge on any atom is 0.283 e. The lowest BCUT2D eigenvalue weighted by molar-refractivity contribution is 0.347. The van der Waals surface area contributed by atoms with Crippen LogP contribution < -0.4 is 9.47 Å². The molecule has 0 aliphatic carbocycles. The zero-order valence-corrected chi connectivity index (χ0v) is 11.3. The van der Waals surface area contributed by atoms with Crippen molar-refractivity contribution in [2.45, 2.75) is 6.54 Å². The van der Waals surface area contributed by atoms with Crippen LogP contribution in [-0.4, -0.2) is 36.1 Å². The van der Waals surface area contributed by atoms with Crippen molar-refractivity contribution in [3.05, 3.63) is 42.2 Å². The Kier molecular flexibility index (Phi) is 4.30. The smallest absolute Gasteiger partial charge is 0.283 e. The first kappa shape index (κ1) is 13.3. The van der Waals surface area contributed by atoms with Crippen molar-refractivity contribution in [1.82, 2.24) is 14.9 Å². The molecule has 1 aromatic heterocycles. The summed E-state index contributed by atoms with van der Waals surface area (Å²) in [7, 11) is 5.57. The van der Waals surface area contributed by atoms with Gasteiger partial charge < -0.3 is 14.4 Å². The van der Waals surface area contributed by atoms with Crippen LogP contribution in [-0.2, 0) is 6.54 Å². The van der Waals surface area contributed by atoms with Crippen molar-refractivity contribution >= 4 is 0 Å². The third kappa shape index (κ3) is 3.42. The van der Waals surface area contributed by atoms with E-state index in [4.69, 9.17) is 9.47 Å². The van der Waals surface area contributed by atoms with Crippen molar-refractivity contribution in [2.24, 2.45) is 0 Å². The van der Waals surface area contributed by atoms with Crippen molar-refractivity contribution in [3.63, 3.8) is 0 Å². The van der Waals surface area contributed by atoms with Gasteiger partial charge >= 0.3 is 0 Å². The van der Waals surface area contributed by atoms with Gasteiger partial charge in [-0.2, -0.15) is 0 Å². The van der Waals surface area contributed by atoms with Gasteiger partial charge in [-0.3, -0.25) is 0 Å². The molecule has 0 saturated heterocycles. The van der Waals surface area contributed by atoms with Gasteiger partial charge in [-0.25, -0.2) is 9.97 Å². The molecule has 1 aromatic carbocycles. The molecular formula is C14H17N3O2. The Balaban J connectivity index is 2.27. The second-order valence-electron chi connectivity index (χ2n) is 4.32. The van der Waals surface area contributed by atoms with Crippen molar-refractivity contribution in [2.75, 3.05) is 21.2 Å². The number of rotatable bonds is 5. The fourth-order valence-electron chi connectivity index (χ4n) is 1.70. The van der Waals surface area contributed by atoms with Crippen molar-refractivity contribution in [1.29, 1.82) is 0 Å². The van der Waals surface area contributed by atoms with Crippen molar-refractivity contribution < 1.29 is 9.47 Å². The Hall–Kier alpha value is -2.14. The summed E-state index contributed by atoms with van der Waals surface area (Å²) >= 11 is 0. The predicted molar refractivity (Wildman–Crippen MR) is 72.5 cm³/mol. The second-order valence-corrected chi connectivity index (χ2v) is 4.32. The molecule has 0 spiro atoms. The number of nitrogens with zero attached hydrogens (tertiary/aromatic N) is 3. The van der Waals surface area contributed by atoms with Gasteiger partial charge in [0.25, 0.3) is 11.8 Å². The lowest BCUT2D eigenvalue weighted by Crippen LogP contribution is -2.11. The number of benzene rings is 1. The van der Waals surface area contributed by atoms with Gasteiger partial charge in [0.05, 0.1) is 7.11 Å². The minimum Gasteiger partial charge on any atom is -0.477 e.